The first kappa shape index (κ1) is 13.1. The van der Waals surface area contributed by atoms with Gasteiger partial charge in [-0.05, 0) is 19.5 Å². The predicted octanol–water partition coefficient (Wildman–Crippen LogP) is 0.202. The number of hydrogen-bond donors (Lipinski definition) is 4. The van der Waals surface area contributed by atoms with Crippen LogP contribution in [0.4, 0.5) is 0 Å². The van der Waals surface area contributed by atoms with Crippen molar-refractivity contribution in [3.63, 3.8) is 0 Å². The van der Waals surface area contributed by atoms with Crippen LogP contribution in [0.2, 0.25) is 0 Å². The van der Waals surface area contributed by atoms with Crippen LogP contribution in [0.3, 0.4) is 0 Å². The summed E-state index contributed by atoms with van der Waals surface area (Å²) in [4.78, 5) is 0. The van der Waals surface area contributed by atoms with Crippen molar-refractivity contribution in [2.24, 2.45) is 5.73 Å². The third-order valence-electron chi connectivity index (χ3n) is 2.66. The molecule has 16 heavy (non-hydrogen) atoms. The molecule has 1 rings (SSSR count). The molecule has 0 aliphatic carbocycles. The minimum Gasteiger partial charge on any atom is -0.377 e. The van der Waals surface area contributed by atoms with E-state index < -0.39 is 6.23 Å². The molecule has 0 saturated heterocycles. The van der Waals surface area contributed by atoms with Gasteiger partial charge in [0.1, 0.15) is 6.23 Å². The Balaban J connectivity index is 2.38. The van der Waals surface area contributed by atoms with E-state index in [1.165, 1.54) is 5.56 Å². The quantitative estimate of drug-likeness (QED) is 0.520. The van der Waals surface area contributed by atoms with Crippen molar-refractivity contribution in [1.29, 1.82) is 0 Å². The standard InChI is InChI=1S/C12H21N3O/c1-9(10-6-4-3-5-7-10)15-8-11(13)12(16)14-2/h3-7,9,11-12,14-16H,8,13H2,1-2H3/t9-,11+,12?/m0/s1. The zero-order chi connectivity index (χ0) is 12.0. The lowest BCUT2D eigenvalue weighted by atomic mass is 10.1. The molecule has 0 amide bonds. The van der Waals surface area contributed by atoms with Gasteiger partial charge in [0.25, 0.3) is 0 Å². The molecular weight excluding hydrogens is 202 g/mol. The third kappa shape index (κ3) is 3.90. The largest absolute Gasteiger partial charge is 0.377 e. The molecule has 90 valence electrons. The molecule has 3 atom stereocenters. The van der Waals surface area contributed by atoms with Crippen molar-refractivity contribution in [2.45, 2.75) is 25.2 Å². The fourth-order valence-corrected chi connectivity index (χ4v) is 1.50. The van der Waals surface area contributed by atoms with Crippen LogP contribution in [0, 0.1) is 0 Å². The summed E-state index contributed by atoms with van der Waals surface area (Å²) in [6.07, 6.45) is -0.671. The number of nitrogens with one attached hydrogen (secondary N) is 2. The number of hydrogen-bond acceptors (Lipinski definition) is 4. The maximum Gasteiger partial charge on any atom is 0.121 e. The zero-order valence-corrected chi connectivity index (χ0v) is 9.85. The highest BCUT2D eigenvalue weighted by molar-refractivity contribution is 5.18. The van der Waals surface area contributed by atoms with E-state index in [2.05, 4.69) is 29.7 Å². The van der Waals surface area contributed by atoms with Crippen LogP contribution < -0.4 is 16.4 Å². The van der Waals surface area contributed by atoms with Gasteiger partial charge in [0.2, 0.25) is 0 Å². The molecule has 0 spiro atoms. The van der Waals surface area contributed by atoms with Crippen molar-refractivity contribution >= 4 is 0 Å². The van der Waals surface area contributed by atoms with Crippen molar-refractivity contribution in [3.05, 3.63) is 35.9 Å². The molecule has 0 bridgehead atoms. The van der Waals surface area contributed by atoms with E-state index in [1.807, 2.05) is 18.2 Å². The molecule has 0 aliphatic heterocycles. The molecule has 1 aromatic rings. The van der Waals surface area contributed by atoms with Crippen LogP contribution in [0.1, 0.15) is 18.5 Å². The van der Waals surface area contributed by atoms with Gasteiger partial charge in [0, 0.05) is 12.6 Å². The second-order valence-corrected chi connectivity index (χ2v) is 3.94. The molecule has 0 fully saturated rings. The van der Waals surface area contributed by atoms with Crippen molar-refractivity contribution in [3.8, 4) is 0 Å². The van der Waals surface area contributed by atoms with Gasteiger partial charge < -0.3 is 16.2 Å². The van der Waals surface area contributed by atoms with Crippen LogP contribution in [-0.2, 0) is 0 Å². The molecule has 1 unspecified atom stereocenters. The third-order valence-corrected chi connectivity index (χ3v) is 2.66. The van der Waals surface area contributed by atoms with Gasteiger partial charge in [-0.1, -0.05) is 30.3 Å². The van der Waals surface area contributed by atoms with E-state index in [4.69, 9.17) is 5.73 Å². The lowest BCUT2D eigenvalue weighted by Gasteiger charge is -2.21. The van der Waals surface area contributed by atoms with Crippen LogP contribution >= 0.6 is 0 Å². The summed E-state index contributed by atoms with van der Waals surface area (Å²) >= 11 is 0. The average Bonchev–Trinajstić information content (AvgIpc) is 2.35. The Bertz CT molecular complexity index is 292. The van der Waals surface area contributed by atoms with Gasteiger partial charge in [-0.3, -0.25) is 5.32 Å². The summed E-state index contributed by atoms with van der Waals surface area (Å²) < 4.78 is 0. The minimum absolute atomic E-state index is 0.233. The van der Waals surface area contributed by atoms with E-state index >= 15 is 0 Å². The molecule has 0 aromatic heterocycles. The van der Waals surface area contributed by atoms with E-state index in [9.17, 15) is 5.11 Å². The first-order valence-corrected chi connectivity index (χ1v) is 5.54. The molecule has 1 aromatic carbocycles. The highest BCUT2D eigenvalue weighted by atomic mass is 16.3. The summed E-state index contributed by atoms with van der Waals surface area (Å²) in [5.74, 6) is 0. The number of aliphatic hydroxyl groups excluding tert-OH is 1. The Morgan fingerprint density at radius 3 is 2.50 bits per heavy atom. The smallest absolute Gasteiger partial charge is 0.121 e. The Morgan fingerprint density at radius 2 is 1.94 bits per heavy atom. The van der Waals surface area contributed by atoms with Crippen LogP contribution in [-0.4, -0.2) is 31.0 Å². The maximum atomic E-state index is 9.43. The molecule has 4 nitrogen and oxygen atoms in total. The Morgan fingerprint density at radius 1 is 1.31 bits per heavy atom. The normalized spacial score (nSPS) is 16.8. The molecule has 0 saturated carbocycles. The summed E-state index contributed by atoms with van der Waals surface area (Å²) in [6.45, 7) is 2.64. The summed E-state index contributed by atoms with van der Waals surface area (Å²) in [6, 6.07) is 10.1. The number of aliphatic hydroxyl groups is 1. The highest BCUT2D eigenvalue weighted by Gasteiger charge is 2.13. The number of rotatable bonds is 6. The average molecular weight is 223 g/mol. The highest BCUT2D eigenvalue weighted by Crippen LogP contribution is 2.10. The predicted molar refractivity (Wildman–Crippen MR) is 65.9 cm³/mol. The van der Waals surface area contributed by atoms with E-state index in [-0.39, 0.29) is 12.1 Å². The Labute approximate surface area is 96.9 Å². The lowest BCUT2D eigenvalue weighted by molar-refractivity contribution is 0.116. The van der Waals surface area contributed by atoms with Gasteiger partial charge in [0.05, 0.1) is 6.04 Å². The summed E-state index contributed by atoms with van der Waals surface area (Å²) in [7, 11) is 1.69. The van der Waals surface area contributed by atoms with Gasteiger partial charge in [-0.2, -0.15) is 0 Å². The molecule has 0 radical (unpaired) electrons. The Hall–Kier alpha value is -0.940. The SMILES string of the molecule is CNC(O)[C@H](N)CN[C@@H](C)c1ccccc1. The lowest BCUT2D eigenvalue weighted by Crippen LogP contribution is -2.49. The maximum absolute atomic E-state index is 9.43. The van der Waals surface area contributed by atoms with E-state index in [1.54, 1.807) is 7.05 Å². The van der Waals surface area contributed by atoms with Gasteiger partial charge >= 0.3 is 0 Å². The fourth-order valence-electron chi connectivity index (χ4n) is 1.50. The monoisotopic (exact) mass is 223 g/mol. The second kappa shape index (κ2) is 6.60. The molecule has 4 heteroatoms. The number of likely N-dealkylation sites (N-methyl/N-ethyl adjacent to an activating group) is 1. The Kier molecular flexibility index (Phi) is 5.42. The topological polar surface area (TPSA) is 70.3 Å². The fraction of sp³-hybridized carbons (Fsp3) is 0.500. The van der Waals surface area contributed by atoms with E-state index in [0.29, 0.717) is 6.54 Å². The van der Waals surface area contributed by atoms with Crippen LogP contribution in [0.5, 0.6) is 0 Å². The van der Waals surface area contributed by atoms with Crippen molar-refractivity contribution in [1.82, 2.24) is 10.6 Å². The summed E-state index contributed by atoms with van der Waals surface area (Å²) in [5, 5.41) is 15.4. The number of benzene rings is 1. The van der Waals surface area contributed by atoms with E-state index in [0.717, 1.165) is 0 Å². The van der Waals surface area contributed by atoms with Crippen molar-refractivity contribution in [2.75, 3.05) is 13.6 Å². The first-order chi connectivity index (χ1) is 7.65. The summed E-state index contributed by atoms with van der Waals surface area (Å²) in [5.41, 5.74) is 7.00. The molecular formula is C12H21N3O. The van der Waals surface area contributed by atoms with Gasteiger partial charge in [-0.25, -0.2) is 0 Å². The van der Waals surface area contributed by atoms with Crippen LogP contribution in [0.15, 0.2) is 30.3 Å². The minimum atomic E-state index is -0.671. The molecule has 0 heterocycles. The van der Waals surface area contributed by atoms with Crippen molar-refractivity contribution < 1.29 is 5.11 Å². The zero-order valence-electron chi connectivity index (χ0n) is 9.85. The molecule has 5 N–H and O–H groups in total. The van der Waals surface area contributed by atoms with Gasteiger partial charge in [-0.15, -0.1) is 0 Å². The first-order valence-electron chi connectivity index (χ1n) is 5.54. The number of nitrogens with two attached hydrogens (primary N) is 1. The second-order valence-electron chi connectivity index (χ2n) is 3.94. The van der Waals surface area contributed by atoms with Gasteiger partial charge in [0.15, 0.2) is 0 Å². The molecule has 0 aliphatic rings. The van der Waals surface area contributed by atoms with Crippen LogP contribution in [0.25, 0.3) is 0 Å².